The largest absolute Gasteiger partial charge is 0.394 e. The first-order chi connectivity index (χ1) is 14.5. The maximum Gasteiger partial charge on any atom is 0.333 e. The zero-order valence-corrected chi connectivity index (χ0v) is 15.9. The predicted octanol–water partition coefficient (Wildman–Crippen LogP) is -0.268. The molecular formula is C21H21N3O6. The normalized spacial score (nSPS) is 23.6. The van der Waals surface area contributed by atoms with Crippen molar-refractivity contribution >= 4 is 0 Å². The van der Waals surface area contributed by atoms with Crippen LogP contribution in [-0.4, -0.2) is 54.4 Å². The number of benzene rings is 1. The fraction of sp³-hybridized carbons (Fsp3) is 0.286. The molecule has 2 aromatic heterocycles. The second-order valence-electron chi connectivity index (χ2n) is 7.06. The molecule has 156 valence electrons. The summed E-state index contributed by atoms with van der Waals surface area (Å²) in [5.41, 5.74) is 1.17. The van der Waals surface area contributed by atoms with Gasteiger partial charge < -0.3 is 20.1 Å². The van der Waals surface area contributed by atoms with Crippen LogP contribution >= 0.6 is 0 Å². The summed E-state index contributed by atoms with van der Waals surface area (Å²) in [5.74, 6) is 0. The maximum atomic E-state index is 12.9. The lowest BCUT2D eigenvalue weighted by Gasteiger charge is -2.18. The first-order valence-corrected chi connectivity index (χ1v) is 9.44. The van der Waals surface area contributed by atoms with Crippen LogP contribution in [0.1, 0.15) is 11.9 Å². The molecular weight excluding hydrogens is 390 g/mol. The molecule has 1 saturated heterocycles. The third kappa shape index (κ3) is 3.71. The molecule has 3 N–H and O–H groups in total. The minimum absolute atomic E-state index is 0.0671. The van der Waals surface area contributed by atoms with Crippen LogP contribution in [0.25, 0.3) is 11.1 Å². The van der Waals surface area contributed by atoms with E-state index in [1.807, 2.05) is 36.4 Å². The number of aromatic nitrogens is 3. The van der Waals surface area contributed by atoms with Crippen LogP contribution in [0.2, 0.25) is 0 Å². The van der Waals surface area contributed by atoms with Crippen LogP contribution in [0.3, 0.4) is 0 Å². The number of aliphatic hydroxyl groups is 3. The Morgan fingerprint density at radius 1 is 0.967 bits per heavy atom. The lowest BCUT2D eigenvalue weighted by atomic mass is 10.1. The van der Waals surface area contributed by atoms with Gasteiger partial charge in [-0.1, -0.05) is 36.4 Å². The molecule has 0 bridgehead atoms. The van der Waals surface area contributed by atoms with Crippen molar-refractivity contribution in [2.45, 2.75) is 31.1 Å². The minimum Gasteiger partial charge on any atom is -0.394 e. The van der Waals surface area contributed by atoms with E-state index in [1.54, 1.807) is 12.3 Å². The molecule has 1 aliphatic heterocycles. The molecule has 1 aliphatic rings. The number of pyridine rings is 1. The molecule has 4 atom stereocenters. The number of ether oxygens (including phenoxy) is 1. The van der Waals surface area contributed by atoms with Crippen molar-refractivity contribution in [3.8, 4) is 11.1 Å². The van der Waals surface area contributed by atoms with Crippen LogP contribution in [-0.2, 0) is 11.3 Å². The van der Waals surface area contributed by atoms with Gasteiger partial charge in [0.25, 0.3) is 5.56 Å². The smallest absolute Gasteiger partial charge is 0.333 e. The Kier molecular flexibility index (Phi) is 5.60. The Hall–Kier alpha value is -3.11. The van der Waals surface area contributed by atoms with Crippen molar-refractivity contribution in [2.75, 3.05) is 6.61 Å². The molecule has 3 heterocycles. The molecule has 0 amide bonds. The van der Waals surface area contributed by atoms with Crippen LogP contribution in [0.5, 0.6) is 0 Å². The van der Waals surface area contributed by atoms with Crippen LogP contribution in [0, 0.1) is 0 Å². The van der Waals surface area contributed by atoms with Gasteiger partial charge in [0.2, 0.25) is 0 Å². The zero-order valence-electron chi connectivity index (χ0n) is 15.9. The van der Waals surface area contributed by atoms with Gasteiger partial charge in [-0.2, -0.15) is 0 Å². The highest BCUT2D eigenvalue weighted by Crippen LogP contribution is 2.27. The first kappa shape index (κ1) is 20.2. The van der Waals surface area contributed by atoms with E-state index in [0.29, 0.717) is 5.69 Å². The van der Waals surface area contributed by atoms with E-state index >= 15 is 0 Å². The third-order valence-corrected chi connectivity index (χ3v) is 5.14. The molecule has 0 radical (unpaired) electrons. The minimum atomic E-state index is -1.42. The van der Waals surface area contributed by atoms with Gasteiger partial charge in [0.1, 0.15) is 18.3 Å². The summed E-state index contributed by atoms with van der Waals surface area (Å²) in [6.07, 6.45) is -2.14. The van der Waals surface area contributed by atoms with Crippen molar-refractivity contribution in [3.05, 3.63) is 87.5 Å². The average molecular weight is 411 g/mol. The standard InChI is InChI=1S/C21H21N3O6/c25-12-16-18(27)19(28)20(30-16)23-9-8-17(26)24(21(23)29)11-15-7-6-14(10-22-15)13-4-2-1-3-5-13/h1-10,16,18-20,25,27-28H,11-12H2/t16-,18?,19?,20-/m1/s1. The van der Waals surface area contributed by atoms with Gasteiger partial charge in [0.15, 0.2) is 6.23 Å². The molecule has 3 aromatic rings. The van der Waals surface area contributed by atoms with Crippen LogP contribution in [0.15, 0.2) is 70.5 Å². The van der Waals surface area contributed by atoms with E-state index in [-0.39, 0.29) is 6.54 Å². The highest BCUT2D eigenvalue weighted by atomic mass is 16.6. The van der Waals surface area contributed by atoms with Gasteiger partial charge in [-0.3, -0.25) is 18.9 Å². The molecule has 9 heteroatoms. The second-order valence-corrected chi connectivity index (χ2v) is 7.06. The Balaban J connectivity index is 1.62. The Morgan fingerprint density at radius 3 is 2.37 bits per heavy atom. The number of nitrogens with zero attached hydrogens (tertiary/aromatic N) is 3. The Morgan fingerprint density at radius 2 is 1.73 bits per heavy atom. The van der Waals surface area contributed by atoms with Crippen LogP contribution < -0.4 is 11.2 Å². The summed E-state index contributed by atoms with van der Waals surface area (Å²) < 4.78 is 7.40. The molecule has 9 nitrogen and oxygen atoms in total. The Labute approximate surface area is 171 Å². The van der Waals surface area contributed by atoms with E-state index in [0.717, 1.165) is 20.3 Å². The van der Waals surface area contributed by atoms with E-state index in [4.69, 9.17) is 4.74 Å². The van der Waals surface area contributed by atoms with Gasteiger partial charge in [0.05, 0.1) is 18.8 Å². The first-order valence-electron chi connectivity index (χ1n) is 9.44. The maximum absolute atomic E-state index is 12.9. The fourth-order valence-corrected chi connectivity index (χ4v) is 3.46. The highest BCUT2D eigenvalue weighted by molar-refractivity contribution is 5.62. The van der Waals surface area contributed by atoms with Crippen molar-refractivity contribution in [3.63, 3.8) is 0 Å². The molecule has 0 saturated carbocycles. The van der Waals surface area contributed by atoms with Crippen molar-refractivity contribution in [2.24, 2.45) is 0 Å². The summed E-state index contributed by atoms with van der Waals surface area (Å²) >= 11 is 0. The second kappa shape index (κ2) is 8.33. The monoisotopic (exact) mass is 411 g/mol. The van der Waals surface area contributed by atoms with Crippen molar-refractivity contribution in [1.82, 2.24) is 14.1 Å². The Bertz CT molecular complexity index is 1130. The third-order valence-electron chi connectivity index (χ3n) is 5.14. The van der Waals surface area contributed by atoms with Crippen molar-refractivity contribution in [1.29, 1.82) is 0 Å². The number of hydrogen-bond acceptors (Lipinski definition) is 7. The summed E-state index contributed by atoms with van der Waals surface area (Å²) in [7, 11) is 0. The molecule has 1 aromatic carbocycles. The van der Waals surface area contributed by atoms with Gasteiger partial charge >= 0.3 is 5.69 Å². The van der Waals surface area contributed by atoms with Gasteiger partial charge in [-0.15, -0.1) is 0 Å². The van der Waals surface area contributed by atoms with Crippen LogP contribution in [0.4, 0.5) is 0 Å². The molecule has 0 spiro atoms. The SMILES string of the molecule is O=c1ccn([C@@H]2O[C@H](CO)C(O)C2O)c(=O)n1Cc1ccc(-c2ccccc2)cn1. The summed E-state index contributed by atoms with van der Waals surface area (Å²) in [6, 6.07) is 14.4. The van der Waals surface area contributed by atoms with E-state index in [9.17, 15) is 24.9 Å². The fourth-order valence-electron chi connectivity index (χ4n) is 3.46. The average Bonchev–Trinajstić information content (AvgIpc) is 3.06. The predicted molar refractivity (Wildman–Crippen MR) is 107 cm³/mol. The lowest BCUT2D eigenvalue weighted by molar-refractivity contribution is -0.0555. The molecule has 0 aliphatic carbocycles. The molecule has 1 fully saturated rings. The quantitative estimate of drug-likeness (QED) is 0.528. The number of aliphatic hydroxyl groups excluding tert-OH is 3. The van der Waals surface area contributed by atoms with E-state index in [1.165, 1.54) is 12.3 Å². The lowest BCUT2D eigenvalue weighted by Crippen LogP contribution is -2.43. The zero-order chi connectivity index (χ0) is 21.3. The molecule has 2 unspecified atom stereocenters. The molecule has 30 heavy (non-hydrogen) atoms. The van der Waals surface area contributed by atoms with Crippen molar-refractivity contribution < 1.29 is 20.1 Å². The number of rotatable bonds is 5. The van der Waals surface area contributed by atoms with Gasteiger partial charge in [0, 0.05) is 24.0 Å². The molecule has 4 rings (SSSR count). The van der Waals surface area contributed by atoms with Gasteiger partial charge in [-0.05, 0) is 11.6 Å². The summed E-state index contributed by atoms with van der Waals surface area (Å²) in [4.78, 5) is 29.5. The van der Waals surface area contributed by atoms with E-state index < -0.39 is 42.4 Å². The van der Waals surface area contributed by atoms with Gasteiger partial charge in [-0.25, -0.2) is 4.79 Å². The topological polar surface area (TPSA) is 127 Å². The summed E-state index contributed by atoms with van der Waals surface area (Å²) in [5, 5.41) is 29.3. The summed E-state index contributed by atoms with van der Waals surface area (Å²) in [6.45, 7) is -0.580. The highest BCUT2D eigenvalue weighted by Gasteiger charge is 2.43. The van der Waals surface area contributed by atoms with E-state index in [2.05, 4.69) is 4.98 Å². The number of hydrogen-bond donors (Lipinski definition) is 3.